The summed E-state index contributed by atoms with van der Waals surface area (Å²) in [4.78, 5) is 10.4. The van der Waals surface area contributed by atoms with Crippen LogP contribution in [0.5, 0.6) is 0 Å². The van der Waals surface area contributed by atoms with Crippen LogP contribution in [0.15, 0.2) is 0 Å². The third-order valence-electron chi connectivity index (χ3n) is 1.23. The molecule has 0 fully saturated rings. The quantitative estimate of drug-likeness (QED) is 0.710. The number of carbonyl (C=O) groups excluding carboxylic acids is 1. The molecule has 0 aliphatic heterocycles. The van der Waals surface area contributed by atoms with Crippen LogP contribution in [0.25, 0.3) is 0 Å². The van der Waals surface area contributed by atoms with Crippen molar-refractivity contribution < 1.29 is 24.6 Å². The van der Waals surface area contributed by atoms with Crippen LogP contribution in [0.1, 0.15) is 39.0 Å². The molecule has 0 amide bonds. The van der Waals surface area contributed by atoms with Gasteiger partial charge in [0.15, 0.2) is 0 Å². The Labute approximate surface area is 68.1 Å². The van der Waals surface area contributed by atoms with Crippen LogP contribution < -0.4 is 0 Å². The summed E-state index contributed by atoms with van der Waals surface area (Å²) in [6, 6.07) is 0. The second-order valence-corrected chi connectivity index (χ2v) is 3.82. The van der Waals surface area contributed by atoms with Gasteiger partial charge >= 0.3 is 67.8 Å². The zero-order valence-electron chi connectivity index (χ0n) is 5.85. The molecule has 53 valence electrons. The van der Waals surface area contributed by atoms with Gasteiger partial charge in [-0.2, -0.15) is 0 Å². The Morgan fingerprint density at radius 2 is 2.00 bits per heavy atom. The molecule has 0 radical (unpaired) electrons. The van der Waals surface area contributed by atoms with Gasteiger partial charge in [0.2, 0.25) is 0 Å². The van der Waals surface area contributed by atoms with E-state index in [0.29, 0.717) is 4.17 Å². The summed E-state index contributed by atoms with van der Waals surface area (Å²) in [7, 11) is 0. The fourth-order valence-electron chi connectivity index (χ4n) is 0.696. The molecule has 0 aromatic heterocycles. The van der Waals surface area contributed by atoms with Gasteiger partial charge in [-0.1, -0.05) is 0 Å². The van der Waals surface area contributed by atoms with Crippen LogP contribution in [0.4, 0.5) is 0 Å². The van der Waals surface area contributed by atoms with Crippen molar-refractivity contribution in [2.24, 2.45) is 0 Å². The maximum atomic E-state index is 10.4. The van der Waals surface area contributed by atoms with E-state index in [-0.39, 0.29) is 0 Å². The van der Waals surface area contributed by atoms with E-state index in [0.717, 1.165) is 32.7 Å². The van der Waals surface area contributed by atoms with Crippen molar-refractivity contribution in [1.82, 2.24) is 0 Å². The zero-order chi connectivity index (χ0) is 7.11. The molecule has 0 saturated heterocycles. The maximum absolute atomic E-state index is 10.4. The minimum absolute atomic E-state index is 0.408. The van der Waals surface area contributed by atoms with E-state index >= 15 is 0 Å². The number of hydrogen-bond acceptors (Lipinski definition) is 1. The van der Waals surface area contributed by atoms with E-state index < -0.39 is 0 Å². The summed E-state index contributed by atoms with van der Waals surface area (Å²) in [6.45, 7) is 2.18. The van der Waals surface area contributed by atoms with Gasteiger partial charge in [-0.3, -0.25) is 0 Å². The molecule has 9 heavy (non-hydrogen) atoms. The molecule has 0 spiro atoms. The van der Waals surface area contributed by atoms with Gasteiger partial charge in [0.05, 0.1) is 0 Å². The third-order valence-corrected chi connectivity index (χ3v) is 1.97. The molecule has 0 saturated carbocycles. The van der Waals surface area contributed by atoms with E-state index in [2.05, 4.69) is 6.92 Å². The number of unbranched alkanes of at least 4 members (excludes halogenated alkanes) is 3. The molecule has 0 aliphatic rings. The number of rotatable bonds is 5. The van der Waals surface area contributed by atoms with Gasteiger partial charge < -0.3 is 0 Å². The van der Waals surface area contributed by atoms with Crippen LogP contribution in [-0.4, -0.2) is 4.17 Å². The summed E-state index contributed by atoms with van der Waals surface area (Å²) in [5.41, 5.74) is 0. The Balaban J connectivity index is 2.83. The first kappa shape index (κ1) is 9.36. The van der Waals surface area contributed by atoms with Gasteiger partial charge in [-0.15, -0.1) is 0 Å². The molecule has 0 aromatic carbocycles. The first-order valence-corrected chi connectivity index (χ1v) is 4.94. The van der Waals surface area contributed by atoms with Gasteiger partial charge in [0, 0.05) is 0 Å². The topological polar surface area (TPSA) is 17.1 Å². The van der Waals surface area contributed by atoms with Crippen LogP contribution in [-0.2, 0) is 24.6 Å². The SMILES string of the molecule is CCCCCC[C](=O)[W]. The number of hydrogen-bond donors (Lipinski definition) is 0. The Hall–Kier alpha value is 0.358. The van der Waals surface area contributed by atoms with E-state index in [9.17, 15) is 4.79 Å². The summed E-state index contributed by atoms with van der Waals surface area (Å²) in [5.74, 6) is 0. The first-order valence-electron chi connectivity index (χ1n) is 3.47. The molecular weight excluding hydrogens is 284 g/mol. The Kier molecular flexibility index (Phi) is 6.74. The van der Waals surface area contributed by atoms with Crippen molar-refractivity contribution in [3.63, 3.8) is 0 Å². The summed E-state index contributed by atoms with van der Waals surface area (Å²) < 4.78 is 0.408. The predicted molar refractivity (Wildman–Crippen MR) is 33.8 cm³/mol. The monoisotopic (exact) mass is 297 g/mol. The molecule has 0 aliphatic carbocycles. The fourth-order valence-corrected chi connectivity index (χ4v) is 1.21. The molecule has 1 nitrogen and oxygen atoms in total. The minimum atomic E-state index is 0.408. The van der Waals surface area contributed by atoms with Crippen LogP contribution in [0.3, 0.4) is 0 Å². The molecule has 0 aromatic rings. The van der Waals surface area contributed by atoms with Gasteiger partial charge in [0.25, 0.3) is 0 Å². The Morgan fingerprint density at radius 3 is 2.44 bits per heavy atom. The van der Waals surface area contributed by atoms with Gasteiger partial charge in [-0.25, -0.2) is 0 Å². The molecule has 2 heteroatoms. The average molecular weight is 297 g/mol. The van der Waals surface area contributed by atoms with E-state index in [1.165, 1.54) is 19.3 Å². The molecule has 0 heterocycles. The van der Waals surface area contributed by atoms with Crippen molar-refractivity contribution in [2.75, 3.05) is 0 Å². The van der Waals surface area contributed by atoms with Crippen LogP contribution >= 0.6 is 0 Å². The zero-order valence-corrected chi connectivity index (χ0v) is 8.79. The molecule has 0 unspecified atom stereocenters. The predicted octanol–water partition coefficient (Wildman–Crippen LogP) is 2.03. The standard InChI is InChI=1S/C7H13O.W/c1-2-3-4-5-6-7-8;/h2-6H2,1H3;. The van der Waals surface area contributed by atoms with E-state index in [1.54, 1.807) is 0 Å². The van der Waals surface area contributed by atoms with Gasteiger partial charge in [-0.05, 0) is 0 Å². The normalized spacial score (nSPS) is 9.44. The van der Waals surface area contributed by atoms with E-state index in [1.807, 2.05) is 0 Å². The average Bonchev–Trinajstić information content (AvgIpc) is 1.80. The van der Waals surface area contributed by atoms with Crippen molar-refractivity contribution in [1.29, 1.82) is 0 Å². The second kappa shape index (κ2) is 6.48. The molecule has 0 N–H and O–H groups in total. The van der Waals surface area contributed by atoms with Crippen molar-refractivity contribution in [3.8, 4) is 0 Å². The Morgan fingerprint density at radius 1 is 1.33 bits per heavy atom. The van der Waals surface area contributed by atoms with Gasteiger partial charge in [0.1, 0.15) is 0 Å². The number of carbonyl (C=O) groups is 1. The summed E-state index contributed by atoms with van der Waals surface area (Å²) in [6.07, 6.45) is 5.69. The molecule has 0 rings (SSSR count). The molecule has 0 atom stereocenters. The molecular formula is C7H13OW. The Bertz CT molecular complexity index is 81.0. The van der Waals surface area contributed by atoms with Crippen LogP contribution in [0.2, 0.25) is 0 Å². The van der Waals surface area contributed by atoms with Crippen LogP contribution in [0, 0.1) is 0 Å². The summed E-state index contributed by atoms with van der Waals surface area (Å²) >= 11 is 1.11. The van der Waals surface area contributed by atoms with Crippen molar-refractivity contribution in [2.45, 2.75) is 39.0 Å². The van der Waals surface area contributed by atoms with Crippen molar-refractivity contribution >= 4 is 4.17 Å². The summed E-state index contributed by atoms with van der Waals surface area (Å²) in [5, 5.41) is 0. The van der Waals surface area contributed by atoms with Crippen molar-refractivity contribution in [3.05, 3.63) is 0 Å². The fraction of sp³-hybridized carbons (Fsp3) is 0.857. The first-order chi connectivity index (χ1) is 4.27. The molecule has 0 bridgehead atoms. The second-order valence-electron chi connectivity index (χ2n) is 2.18. The third kappa shape index (κ3) is 8.36. The van der Waals surface area contributed by atoms with E-state index in [4.69, 9.17) is 0 Å².